The van der Waals surface area contributed by atoms with Gasteiger partial charge in [0, 0.05) is 11.9 Å². The van der Waals surface area contributed by atoms with E-state index in [4.69, 9.17) is 4.74 Å². The number of pyridine rings is 1. The number of aromatic nitrogens is 1. The molecule has 0 spiro atoms. The zero-order chi connectivity index (χ0) is 18.6. The van der Waals surface area contributed by atoms with Gasteiger partial charge < -0.3 is 10.1 Å². The lowest BCUT2D eigenvalue weighted by atomic mass is 10.2. The van der Waals surface area contributed by atoms with Gasteiger partial charge in [0.2, 0.25) is 0 Å². The quantitative estimate of drug-likeness (QED) is 0.688. The van der Waals surface area contributed by atoms with Gasteiger partial charge in [0.05, 0.1) is 17.7 Å². The van der Waals surface area contributed by atoms with Crippen LogP contribution in [0.3, 0.4) is 0 Å². The molecule has 0 atom stereocenters. The Morgan fingerprint density at radius 2 is 1.77 bits per heavy atom. The number of sulfonamides is 1. The highest BCUT2D eigenvalue weighted by Gasteiger charge is 2.16. The van der Waals surface area contributed by atoms with Crippen LogP contribution in [0.4, 0.5) is 17.2 Å². The summed E-state index contributed by atoms with van der Waals surface area (Å²) in [4.78, 5) is 4.39. The Hall–Kier alpha value is -3.06. The fourth-order valence-electron chi connectivity index (χ4n) is 2.41. The van der Waals surface area contributed by atoms with Crippen LogP contribution in [0.15, 0.2) is 71.8 Å². The number of methoxy groups -OCH3 is 1. The van der Waals surface area contributed by atoms with Gasteiger partial charge in [-0.05, 0) is 61.0 Å². The topological polar surface area (TPSA) is 80.3 Å². The summed E-state index contributed by atoms with van der Waals surface area (Å²) in [6.07, 6.45) is 1.60. The van der Waals surface area contributed by atoms with Crippen LogP contribution in [-0.2, 0) is 10.0 Å². The van der Waals surface area contributed by atoms with Gasteiger partial charge in [-0.1, -0.05) is 12.1 Å². The lowest BCUT2D eigenvalue weighted by Gasteiger charge is -2.13. The van der Waals surface area contributed by atoms with E-state index in [1.54, 1.807) is 30.5 Å². The summed E-state index contributed by atoms with van der Waals surface area (Å²) in [5.74, 6) is 1.02. The Morgan fingerprint density at radius 3 is 2.46 bits per heavy atom. The average Bonchev–Trinajstić information content (AvgIpc) is 2.63. The lowest BCUT2D eigenvalue weighted by Crippen LogP contribution is -2.14. The second-order valence-electron chi connectivity index (χ2n) is 5.68. The summed E-state index contributed by atoms with van der Waals surface area (Å²) < 4.78 is 32.9. The molecule has 0 saturated heterocycles. The molecule has 0 fully saturated rings. The number of ether oxygens (including phenoxy) is 1. The number of hydrogen-bond donors (Lipinski definition) is 2. The molecule has 6 nitrogen and oxygen atoms in total. The van der Waals surface area contributed by atoms with Gasteiger partial charge in [0.1, 0.15) is 5.75 Å². The van der Waals surface area contributed by atoms with Gasteiger partial charge in [-0.3, -0.25) is 4.72 Å². The number of rotatable bonds is 6. The van der Waals surface area contributed by atoms with E-state index in [1.807, 2.05) is 31.2 Å². The first-order chi connectivity index (χ1) is 12.5. The van der Waals surface area contributed by atoms with Gasteiger partial charge in [0.15, 0.2) is 5.82 Å². The molecule has 2 aromatic carbocycles. The minimum atomic E-state index is -3.75. The number of hydrogen-bond acceptors (Lipinski definition) is 5. The minimum absolute atomic E-state index is 0.142. The molecule has 26 heavy (non-hydrogen) atoms. The molecule has 2 N–H and O–H groups in total. The van der Waals surface area contributed by atoms with Crippen LogP contribution < -0.4 is 14.8 Å². The molecule has 0 saturated carbocycles. The van der Waals surface area contributed by atoms with Crippen molar-refractivity contribution in [1.29, 1.82) is 0 Å². The number of anilines is 3. The molecule has 1 aromatic heterocycles. The molecular formula is C19H19N3O3S. The number of benzene rings is 2. The highest BCUT2D eigenvalue weighted by atomic mass is 32.2. The highest BCUT2D eigenvalue weighted by Crippen LogP contribution is 2.26. The fraction of sp³-hybridized carbons (Fsp3) is 0.105. The third kappa shape index (κ3) is 4.12. The molecule has 0 aliphatic rings. The number of nitrogens with one attached hydrogen (secondary N) is 2. The molecule has 0 aliphatic heterocycles. The summed E-state index contributed by atoms with van der Waals surface area (Å²) in [7, 11) is -2.22. The molecular weight excluding hydrogens is 350 g/mol. The van der Waals surface area contributed by atoms with E-state index in [0.717, 1.165) is 11.3 Å². The number of nitrogens with zero attached hydrogens (tertiary/aromatic N) is 1. The smallest absolute Gasteiger partial charge is 0.262 e. The summed E-state index contributed by atoms with van der Waals surface area (Å²) in [5, 5.41) is 3.15. The van der Waals surface area contributed by atoms with Crippen molar-refractivity contribution in [2.45, 2.75) is 11.8 Å². The van der Waals surface area contributed by atoms with Crippen molar-refractivity contribution in [3.05, 3.63) is 72.4 Å². The van der Waals surface area contributed by atoms with Crippen LogP contribution in [0, 0.1) is 6.92 Å². The Balaban J connectivity index is 1.87. The Morgan fingerprint density at radius 1 is 1.00 bits per heavy atom. The molecule has 3 rings (SSSR count). The molecule has 0 amide bonds. The van der Waals surface area contributed by atoms with Crippen LogP contribution in [0.2, 0.25) is 0 Å². The van der Waals surface area contributed by atoms with E-state index in [0.29, 0.717) is 17.3 Å². The van der Waals surface area contributed by atoms with Gasteiger partial charge in [0.25, 0.3) is 10.0 Å². The van der Waals surface area contributed by atoms with Crippen LogP contribution >= 0.6 is 0 Å². The lowest BCUT2D eigenvalue weighted by molar-refractivity contribution is 0.414. The standard InChI is InChI=1S/C19H19N3O3S/c1-14-5-3-6-15(13-14)21-19-18(7-4-12-20-19)22-26(23,24)17-10-8-16(25-2)9-11-17/h3-13,22H,1-2H3,(H,20,21). The summed E-state index contributed by atoms with van der Waals surface area (Å²) in [6, 6.07) is 17.3. The molecule has 0 bridgehead atoms. The van der Waals surface area contributed by atoms with E-state index >= 15 is 0 Å². The maximum atomic E-state index is 12.7. The zero-order valence-corrected chi connectivity index (χ0v) is 15.2. The average molecular weight is 369 g/mol. The Labute approximate surface area is 152 Å². The van der Waals surface area contributed by atoms with Crippen LogP contribution in [0.25, 0.3) is 0 Å². The first-order valence-electron chi connectivity index (χ1n) is 7.93. The van der Waals surface area contributed by atoms with E-state index in [-0.39, 0.29) is 4.90 Å². The summed E-state index contributed by atoms with van der Waals surface area (Å²) in [5.41, 5.74) is 2.28. The van der Waals surface area contributed by atoms with Crippen LogP contribution in [-0.4, -0.2) is 20.5 Å². The van der Waals surface area contributed by atoms with E-state index in [2.05, 4.69) is 15.0 Å². The molecule has 0 radical (unpaired) electrons. The van der Waals surface area contributed by atoms with Gasteiger partial charge in [-0.25, -0.2) is 13.4 Å². The van der Waals surface area contributed by atoms with E-state index in [9.17, 15) is 8.42 Å². The second-order valence-corrected chi connectivity index (χ2v) is 7.36. The van der Waals surface area contributed by atoms with Crippen molar-refractivity contribution in [3.63, 3.8) is 0 Å². The van der Waals surface area contributed by atoms with E-state index in [1.165, 1.54) is 19.2 Å². The van der Waals surface area contributed by atoms with Crippen molar-refractivity contribution in [2.75, 3.05) is 17.1 Å². The summed E-state index contributed by atoms with van der Waals surface area (Å²) in [6.45, 7) is 1.98. The summed E-state index contributed by atoms with van der Waals surface area (Å²) >= 11 is 0. The van der Waals surface area contributed by atoms with Crippen molar-refractivity contribution in [1.82, 2.24) is 4.98 Å². The fourth-order valence-corrected chi connectivity index (χ4v) is 3.47. The first-order valence-corrected chi connectivity index (χ1v) is 9.42. The van der Waals surface area contributed by atoms with Crippen molar-refractivity contribution < 1.29 is 13.2 Å². The van der Waals surface area contributed by atoms with Gasteiger partial charge >= 0.3 is 0 Å². The third-order valence-corrected chi connectivity index (χ3v) is 5.08. The monoisotopic (exact) mass is 369 g/mol. The second kappa shape index (κ2) is 7.45. The van der Waals surface area contributed by atoms with E-state index < -0.39 is 10.0 Å². The molecule has 1 heterocycles. The highest BCUT2D eigenvalue weighted by molar-refractivity contribution is 7.92. The minimum Gasteiger partial charge on any atom is -0.497 e. The SMILES string of the molecule is COc1ccc(S(=O)(=O)Nc2cccnc2Nc2cccc(C)c2)cc1. The predicted octanol–water partition coefficient (Wildman–Crippen LogP) is 3.94. The molecule has 7 heteroatoms. The van der Waals surface area contributed by atoms with Crippen LogP contribution in [0.5, 0.6) is 5.75 Å². The van der Waals surface area contributed by atoms with Crippen molar-refractivity contribution in [2.24, 2.45) is 0 Å². The largest absolute Gasteiger partial charge is 0.497 e. The normalized spacial score (nSPS) is 11.0. The Kier molecular flexibility index (Phi) is 5.09. The zero-order valence-electron chi connectivity index (χ0n) is 14.4. The van der Waals surface area contributed by atoms with Crippen LogP contribution in [0.1, 0.15) is 5.56 Å². The molecule has 0 unspecified atom stereocenters. The Bertz CT molecular complexity index is 1000. The van der Waals surface area contributed by atoms with Gasteiger partial charge in [-0.15, -0.1) is 0 Å². The predicted molar refractivity (Wildman–Crippen MR) is 103 cm³/mol. The molecule has 0 aliphatic carbocycles. The maximum absolute atomic E-state index is 12.7. The van der Waals surface area contributed by atoms with Crippen molar-refractivity contribution >= 4 is 27.2 Å². The molecule has 3 aromatic rings. The first kappa shape index (κ1) is 17.8. The third-order valence-electron chi connectivity index (χ3n) is 3.70. The molecule has 134 valence electrons. The van der Waals surface area contributed by atoms with Gasteiger partial charge in [-0.2, -0.15) is 0 Å². The maximum Gasteiger partial charge on any atom is 0.262 e. The number of aryl methyl sites for hydroxylation is 1. The van der Waals surface area contributed by atoms with Crippen molar-refractivity contribution in [3.8, 4) is 5.75 Å².